The first-order valence-electron chi connectivity index (χ1n) is 8.35. The van der Waals surface area contributed by atoms with Crippen molar-refractivity contribution in [2.45, 2.75) is 0 Å². The molecule has 0 saturated heterocycles. The lowest BCUT2D eigenvalue weighted by molar-refractivity contribution is -0.147. The highest BCUT2D eigenvalue weighted by Gasteiger charge is 2.37. The first-order chi connectivity index (χ1) is 14.2. The van der Waals surface area contributed by atoms with Gasteiger partial charge in [0.05, 0.1) is 33.3 Å². The molecular weight excluding hydrogens is 459 g/mol. The number of fused-ring (bicyclic) bond motifs is 1. The van der Waals surface area contributed by atoms with Crippen molar-refractivity contribution in [1.82, 2.24) is 4.90 Å². The van der Waals surface area contributed by atoms with Crippen LogP contribution in [0.4, 0.5) is 5.69 Å². The van der Waals surface area contributed by atoms with Crippen LogP contribution in [0.15, 0.2) is 30.3 Å². The van der Waals surface area contributed by atoms with E-state index >= 15 is 0 Å². The van der Waals surface area contributed by atoms with Crippen LogP contribution in [-0.2, 0) is 14.3 Å². The predicted octanol–water partition coefficient (Wildman–Crippen LogP) is 3.43. The summed E-state index contributed by atoms with van der Waals surface area (Å²) in [5.41, 5.74) is 0.448. The first-order valence-corrected chi connectivity index (χ1v) is 9.49. The summed E-state index contributed by atoms with van der Waals surface area (Å²) >= 11 is 17.7. The summed E-state index contributed by atoms with van der Waals surface area (Å²) in [6, 6.07) is 7.11. The summed E-state index contributed by atoms with van der Waals surface area (Å²) < 4.78 is 9.86. The fourth-order valence-corrected chi connectivity index (χ4v) is 3.27. The van der Waals surface area contributed by atoms with Crippen LogP contribution in [0.3, 0.4) is 0 Å². The van der Waals surface area contributed by atoms with Crippen molar-refractivity contribution in [1.29, 1.82) is 0 Å². The van der Waals surface area contributed by atoms with Crippen LogP contribution in [0.1, 0.15) is 20.7 Å². The van der Waals surface area contributed by atoms with Crippen LogP contribution in [0.2, 0.25) is 15.1 Å². The van der Waals surface area contributed by atoms with E-state index < -0.39 is 36.8 Å². The molecule has 1 N–H and O–H groups in total. The van der Waals surface area contributed by atoms with Crippen LogP contribution in [-0.4, -0.2) is 48.9 Å². The standard InChI is InChI=1S/C19H13Cl3N2O6/c1-29-15-3-2-9(4-14(15)22)23-16(25)8-30-17(26)7-24-18(27)10-5-12(20)13(21)6-11(10)19(24)28/h2-6H,7-8H2,1H3,(H,23,25). The molecule has 8 nitrogen and oxygen atoms in total. The molecule has 2 aromatic rings. The summed E-state index contributed by atoms with van der Waals surface area (Å²) in [7, 11) is 1.45. The van der Waals surface area contributed by atoms with E-state index in [4.69, 9.17) is 44.3 Å². The van der Waals surface area contributed by atoms with Crippen molar-refractivity contribution in [2.24, 2.45) is 0 Å². The summed E-state index contributed by atoms with van der Waals surface area (Å²) in [6.07, 6.45) is 0. The smallest absolute Gasteiger partial charge is 0.326 e. The van der Waals surface area contributed by atoms with Gasteiger partial charge in [0.2, 0.25) is 0 Å². The molecule has 1 aliphatic rings. The van der Waals surface area contributed by atoms with Crippen molar-refractivity contribution in [3.8, 4) is 5.75 Å². The number of ether oxygens (including phenoxy) is 2. The van der Waals surface area contributed by atoms with Gasteiger partial charge in [0.15, 0.2) is 6.61 Å². The van der Waals surface area contributed by atoms with Crippen molar-refractivity contribution >= 4 is 64.2 Å². The number of amides is 3. The fourth-order valence-electron chi connectivity index (χ4n) is 2.69. The molecule has 0 bridgehead atoms. The molecule has 30 heavy (non-hydrogen) atoms. The number of nitrogens with one attached hydrogen (secondary N) is 1. The number of rotatable bonds is 6. The number of methoxy groups -OCH3 is 1. The van der Waals surface area contributed by atoms with Gasteiger partial charge in [-0.25, -0.2) is 0 Å². The minimum atomic E-state index is -0.940. The summed E-state index contributed by atoms with van der Waals surface area (Å²) in [5, 5.41) is 3.00. The van der Waals surface area contributed by atoms with Crippen molar-refractivity contribution in [2.75, 3.05) is 25.6 Å². The lowest BCUT2D eigenvalue weighted by atomic mass is 10.1. The SMILES string of the molecule is COc1ccc(NC(=O)COC(=O)CN2C(=O)c3cc(Cl)c(Cl)cc3C2=O)cc1Cl. The number of esters is 1. The van der Waals surface area contributed by atoms with Crippen LogP contribution in [0, 0.1) is 0 Å². The molecule has 0 unspecified atom stereocenters. The molecule has 11 heteroatoms. The quantitative estimate of drug-likeness (QED) is 0.511. The molecule has 0 aliphatic carbocycles. The lowest BCUT2D eigenvalue weighted by Crippen LogP contribution is -2.36. The zero-order valence-corrected chi connectivity index (χ0v) is 17.6. The minimum absolute atomic E-state index is 0.0383. The third kappa shape index (κ3) is 4.51. The Bertz CT molecular complexity index is 1030. The van der Waals surface area contributed by atoms with Gasteiger partial charge < -0.3 is 14.8 Å². The number of halogens is 3. The molecule has 0 radical (unpaired) electrons. The molecule has 0 spiro atoms. The van der Waals surface area contributed by atoms with E-state index in [-0.39, 0.29) is 26.2 Å². The monoisotopic (exact) mass is 470 g/mol. The summed E-state index contributed by atoms with van der Waals surface area (Å²) in [4.78, 5) is 49.4. The van der Waals surface area contributed by atoms with Gasteiger partial charge in [-0.3, -0.25) is 24.1 Å². The molecule has 1 aliphatic heterocycles. The zero-order chi connectivity index (χ0) is 22.0. The predicted molar refractivity (Wildman–Crippen MR) is 109 cm³/mol. The number of nitrogens with zero attached hydrogens (tertiary/aromatic N) is 1. The maximum Gasteiger partial charge on any atom is 0.326 e. The molecule has 1 heterocycles. The van der Waals surface area contributed by atoms with E-state index in [1.807, 2.05) is 0 Å². The molecule has 0 aromatic heterocycles. The second-order valence-corrected chi connectivity index (χ2v) is 7.29. The van der Waals surface area contributed by atoms with E-state index in [9.17, 15) is 19.2 Å². The Hall–Kier alpha value is -2.81. The fraction of sp³-hybridized carbons (Fsp3) is 0.158. The second kappa shape index (κ2) is 8.91. The van der Waals surface area contributed by atoms with E-state index in [0.29, 0.717) is 16.3 Å². The second-order valence-electron chi connectivity index (χ2n) is 6.07. The minimum Gasteiger partial charge on any atom is -0.495 e. The Morgan fingerprint density at radius 2 is 1.57 bits per heavy atom. The number of carbonyl (C=O) groups excluding carboxylic acids is 4. The van der Waals surface area contributed by atoms with Gasteiger partial charge in [-0.15, -0.1) is 0 Å². The molecule has 3 rings (SSSR count). The average molecular weight is 472 g/mol. The third-order valence-corrected chi connectivity index (χ3v) is 5.12. The van der Waals surface area contributed by atoms with Gasteiger partial charge in [-0.1, -0.05) is 34.8 Å². The Morgan fingerprint density at radius 3 is 2.10 bits per heavy atom. The van der Waals surface area contributed by atoms with Crippen LogP contribution in [0.25, 0.3) is 0 Å². The maximum absolute atomic E-state index is 12.4. The maximum atomic E-state index is 12.4. The molecule has 0 saturated carbocycles. The molecule has 156 valence electrons. The van der Waals surface area contributed by atoms with E-state index in [1.165, 1.54) is 25.3 Å². The first kappa shape index (κ1) is 21.9. The molecule has 2 aromatic carbocycles. The largest absolute Gasteiger partial charge is 0.495 e. The van der Waals surface area contributed by atoms with Crippen LogP contribution in [0.5, 0.6) is 5.75 Å². The highest BCUT2D eigenvalue weighted by molar-refractivity contribution is 6.43. The average Bonchev–Trinajstić information content (AvgIpc) is 2.91. The van der Waals surface area contributed by atoms with E-state index in [2.05, 4.69) is 5.32 Å². The van der Waals surface area contributed by atoms with Gasteiger partial charge in [-0.05, 0) is 30.3 Å². The molecule has 0 fully saturated rings. The summed E-state index contributed by atoms with van der Waals surface area (Å²) in [5.74, 6) is -2.55. The molecular formula is C19H13Cl3N2O6. The Kier molecular flexibility index (Phi) is 6.50. The highest BCUT2D eigenvalue weighted by atomic mass is 35.5. The summed E-state index contributed by atoms with van der Waals surface area (Å²) in [6.45, 7) is -1.29. The van der Waals surface area contributed by atoms with Crippen molar-refractivity contribution < 1.29 is 28.7 Å². The van der Waals surface area contributed by atoms with Crippen LogP contribution >= 0.6 is 34.8 Å². The highest BCUT2D eigenvalue weighted by Crippen LogP contribution is 2.31. The number of benzene rings is 2. The van der Waals surface area contributed by atoms with Crippen molar-refractivity contribution in [3.05, 3.63) is 56.5 Å². The lowest BCUT2D eigenvalue weighted by Gasteiger charge is -2.13. The van der Waals surface area contributed by atoms with Crippen LogP contribution < -0.4 is 10.1 Å². The topological polar surface area (TPSA) is 102 Å². The number of hydrogen-bond donors (Lipinski definition) is 1. The Balaban J connectivity index is 1.56. The van der Waals surface area contributed by atoms with E-state index in [0.717, 1.165) is 0 Å². The van der Waals surface area contributed by atoms with Gasteiger partial charge in [0.1, 0.15) is 12.3 Å². The normalized spacial score (nSPS) is 12.6. The van der Waals surface area contributed by atoms with Gasteiger partial charge in [0, 0.05) is 5.69 Å². The molecule has 0 atom stereocenters. The van der Waals surface area contributed by atoms with Crippen molar-refractivity contribution in [3.63, 3.8) is 0 Å². The van der Waals surface area contributed by atoms with Gasteiger partial charge in [0.25, 0.3) is 17.7 Å². The number of anilines is 1. The molecule has 3 amide bonds. The zero-order valence-electron chi connectivity index (χ0n) is 15.3. The number of hydrogen-bond acceptors (Lipinski definition) is 6. The van der Waals surface area contributed by atoms with Gasteiger partial charge >= 0.3 is 5.97 Å². The third-order valence-electron chi connectivity index (χ3n) is 4.10. The van der Waals surface area contributed by atoms with E-state index in [1.54, 1.807) is 12.1 Å². The van der Waals surface area contributed by atoms with Gasteiger partial charge in [-0.2, -0.15) is 0 Å². The number of carbonyl (C=O) groups is 4. The Morgan fingerprint density at radius 1 is 0.967 bits per heavy atom. The Labute approximate surface area is 185 Å². The number of imide groups is 1.